The molecule has 1 aromatic rings. The summed E-state index contributed by atoms with van der Waals surface area (Å²) in [5, 5.41) is 0. The SMILES string of the molecule is COc1c(Br)cc(C2(N)CC2)cc1C1CCCC1. The number of rotatable bonds is 3. The Labute approximate surface area is 117 Å². The van der Waals surface area contributed by atoms with Gasteiger partial charge in [0, 0.05) is 5.54 Å². The van der Waals surface area contributed by atoms with Crippen LogP contribution in [0.5, 0.6) is 5.75 Å². The summed E-state index contributed by atoms with van der Waals surface area (Å²) in [6.45, 7) is 0. The van der Waals surface area contributed by atoms with Crippen molar-refractivity contribution in [2.45, 2.75) is 50.0 Å². The van der Waals surface area contributed by atoms with Gasteiger partial charge in [0.15, 0.2) is 0 Å². The molecule has 0 saturated heterocycles. The van der Waals surface area contributed by atoms with Gasteiger partial charge in [0.25, 0.3) is 0 Å². The van der Waals surface area contributed by atoms with Crippen molar-refractivity contribution in [3.63, 3.8) is 0 Å². The first-order valence-electron chi connectivity index (χ1n) is 6.81. The van der Waals surface area contributed by atoms with E-state index in [1.807, 2.05) is 0 Å². The standard InChI is InChI=1S/C15H20BrNO/c1-18-14-12(10-4-2-3-5-10)8-11(9-13(14)16)15(17)6-7-15/h8-10H,2-7,17H2,1H3. The van der Waals surface area contributed by atoms with Crippen molar-refractivity contribution in [1.82, 2.24) is 0 Å². The highest BCUT2D eigenvalue weighted by Crippen LogP contribution is 2.48. The average molecular weight is 310 g/mol. The maximum Gasteiger partial charge on any atom is 0.136 e. The lowest BCUT2D eigenvalue weighted by Gasteiger charge is -2.20. The van der Waals surface area contributed by atoms with Crippen LogP contribution in [0.2, 0.25) is 0 Å². The summed E-state index contributed by atoms with van der Waals surface area (Å²) in [4.78, 5) is 0. The number of halogens is 1. The maximum absolute atomic E-state index is 6.33. The third-order valence-corrected chi connectivity index (χ3v) is 5.02. The van der Waals surface area contributed by atoms with Crippen molar-refractivity contribution >= 4 is 15.9 Å². The van der Waals surface area contributed by atoms with Crippen LogP contribution in [0.25, 0.3) is 0 Å². The van der Waals surface area contributed by atoms with E-state index in [0.29, 0.717) is 5.92 Å². The van der Waals surface area contributed by atoms with Crippen LogP contribution in [0.4, 0.5) is 0 Å². The molecular formula is C15H20BrNO. The predicted molar refractivity (Wildman–Crippen MR) is 77.0 cm³/mol. The van der Waals surface area contributed by atoms with Gasteiger partial charge in [-0.2, -0.15) is 0 Å². The fourth-order valence-corrected chi connectivity index (χ4v) is 3.72. The van der Waals surface area contributed by atoms with E-state index in [1.165, 1.54) is 36.8 Å². The Bertz CT molecular complexity index is 462. The smallest absolute Gasteiger partial charge is 0.136 e. The first-order valence-corrected chi connectivity index (χ1v) is 7.60. The molecule has 0 amide bonds. The van der Waals surface area contributed by atoms with Crippen molar-refractivity contribution in [3.05, 3.63) is 27.7 Å². The van der Waals surface area contributed by atoms with Crippen LogP contribution in [0, 0.1) is 0 Å². The van der Waals surface area contributed by atoms with Crippen LogP contribution in [0.15, 0.2) is 16.6 Å². The van der Waals surface area contributed by atoms with Gasteiger partial charge >= 0.3 is 0 Å². The first-order chi connectivity index (χ1) is 8.64. The second-order valence-corrected chi connectivity index (χ2v) is 6.57. The molecule has 0 atom stereocenters. The minimum Gasteiger partial charge on any atom is -0.495 e. The van der Waals surface area contributed by atoms with E-state index in [4.69, 9.17) is 10.5 Å². The highest BCUT2D eigenvalue weighted by Gasteiger charge is 2.41. The van der Waals surface area contributed by atoms with E-state index in [-0.39, 0.29) is 5.54 Å². The molecule has 0 radical (unpaired) electrons. The molecule has 0 aromatic heterocycles. The van der Waals surface area contributed by atoms with Gasteiger partial charge in [0.05, 0.1) is 11.6 Å². The van der Waals surface area contributed by atoms with Gasteiger partial charge in [-0.25, -0.2) is 0 Å². The molecule has 2 N–H and O–H groups in total. The van der Waals surface area contributed by atoms with E-state index >= 15 is 0 Å². The number of hydrogen-bond acceptors (Lipinski definition) is 2. The highest BCUT2D eigenvalue weighted by molar-refractivity contribution is 9.10. The lowest BCUT2D eigenvalue weighted by atomic mass is 9.92. The number of benzene rings is 1. The Morgan fingerprint density at radius 2 is 1.94 bits per heavy atom. The summed E-state index contributed by atoms with van der Waals surface area (Å²) < 4.78 is 6.65. The van der Waals surface area contributed by atoms with E-state index in [1.54, 1.807) is 7.11 Å². The zero-order valence-corrected chi connectivity index (χ0v) is 12.4. The maximum atomic E-state index is 6.33. The topological polar surface area (TPSA) is 35.2 Å². The molecule has 0 bridgehead atoms. The van der Waals surface area contributed by atoms with E-state index in [9.17, 15) is 0 Å². The van der Waals surface area contributed by atoms with Gasteiger partial charge in [-0.05, 0) is 70.8 Å². The van der Waals surface area contributed by atoms with Crippen LogP contribution >= 0.6 is 15.9 Å². The molecule has 0 spiro atoms. The number of nitrogens with two attached hydrogens (primary N) is 1. The molecule has 0 unspecified atom stereocenters. The zero-order valence-electron chi connectivity index (χ0n) is 10.8. The second kappa shape index (κ2) is 4.53. The van der Waals surface area contributed by atoms with Crippen LogP contribution < -0.4 is 10.5 Å². The number of ether oxygens (including phenoxy) is 1. The summed E-state index contributed by atoms with van der Waals surface area (Å²) >= 11 is 3.64. The lowest BCUT2D eigenvalue weighted by molar-refractivity contribution is 0.402. The highest BCUT2D eigenvalue weighted by atomic mass is 79.9. The average Bonchev–Trinajstić information content (AvgIpc) is 2.92. The minimum atomic E-state index is -0.0673. The van der Waals surface area contributed by atoms with Crippen molar-refractivity contribution in [3.8, 4) is 5.75 Å². The molecule has 98 valence electrons. The normalized spacial score (nSPS) is 22.2. The Balaban J connectivity index is 2.05. The molecule has 2 fully saturated rings. The number of methoxy groups -OCH3 is 1. The third kappa shape index (κ3) is 2.08. The molecule has 3 heteroatoms. The Kier molecular flexibility index (Phi) is 3.15. The summed E-state index contributed by atoms with van der Waals surface area (Å²) in [6.07, 6.45) is 7.45. The van der Waals surface area contributed by atoms with E-state index in [0.717, 1.165) is 23.1 Å². The van der Waals surface area contributed by atoms with Gasteiger partial charge in [0.2, 0.25) is 0 Å². The van der Waals surface area contributed by atoms with Crippen LogP contribution in [-0.4, -0.2) is 7.11 Å². The summed E-state index contributed by atoms with van der Waals surface area (Å²) in [6, 6.07) is 4.44. The molecule has 2 aliphatic carbocycles. The molecular weight excluding hydrogens is 290 g/mol. The van der Waals surface area contributed by atoms with Crippen LogP contribution in [0.1, 0.15) is 55.6 Å². The fraction of sp³-hybridized carbons (Fsp3) is 0.600. The van der Waals surface area contributed by atoms with Gasteiger partial charge in [0.1, 0.15) is 5.75 Å². The minimum absolute atomic E-state index is 0.0673. The molecule has 2 aliphatic rings. The van der Waals surface area contributed by atoms with Gasteiger partial charge in [-0.1, -0.05) is 12.8 Å². The predicted octanol–water partition coefficient (Wildman–Crippen LogP) is 4.06. The summed E-state index contributed by atoms with van der Waals surface area (Å²) in [5.74, 6) is 1.66. The van der Waals surface area contributed by atoms with Gasteiger partial charge < -0.3 is 10.5 Å². The third-order valence-electron chi connectivity index (χ3n) is 4.44. The summed E-state index contributed by atoms with van der Waals surface area (Å²) in [5.41, 5.74) is 8.90. The monoisotopic (exact) mass is 309 g/mol. The van der Waals surface area contributed by atoms with Crippen LogP contribution in [0.3, 0.4) is 0 Å². The molecule has 3 rings (SSSR count). The Hall–Kier alpha value is -0.540. The van der Waals surface area contributed by atoms with Gasteiger partial charge in [-0.3, -0.25) is 0 Å². The van der Waals surface area contributed by atoms with E-state index in [2.05, 4.69) is 28.1 Å². The molecule has 2 saturated carbocycles. The largest absolute Gasteiger partial charge is 0.495 e. The Morgan fingerprint density at radius 3 is 2.50 bits per heavy atom. The molecule has 0 aliphatic heterocycles. The van der Waals surface area contributed by atoms with Crippen LogP contribution in [-0.2, 0) is 5.54 Å². The Morgan fingerprint density at radius 1 is 1.28 bits per heavy atom. The fourth-order valence-electron chi connectivity index (χ4n) is 3.08. The van der Waals surface area contributed by atoms with Crippen molar-refractivity contribution in [1.29, 1.82) is 0 Å². The second-order valence-electron chi connectivity index (χ2n) is 5.72. The first kappa shape index (κ1) is 12.5. The lowest BCUT2D eigenvalue weighted by Crippen LogP contribution is -2.19. The van der Waals surface area contributed by atoms with Crippen molar-refractivity contribution in [2.24, 2.45) is 5.73 Å². The summed E-state index contributed by atoms with van der Waals surface area (Å²) in [7, 11) is 1.76. The zero-order chi connectivity index (χ0) is 12.8. The molecule has 18 heavy (non-hydrogen) atoms. The molecule has 2 nitrogen and oxygen atoms in total. The van der Waals surface area contributed by atoms with Crippen molar-refractivity contribution < 1.29 is 4.74 Å². The quantitative estimate of drug-likeness (QED) is 0.913. The van der Waals surface area contributed by atoms with Gasteiger partial charge in [-0.15, -0.1) is 0 Å². The molecule has 1 aromatic carbocycles. The molecule has 0 heterocycles. The van der Waals surface area contributed by atoms with Crippen molar-refractivity contribution in [2.75, 3.05) is 7.11 Å². The van der Waals surface area contributed by atoms with E-state index < -0.39 is 0 Å². The number of hydrogen-bond donors (Lipinski definition) is 1.